The minimum atomic E-state index is 0.901. The molecule has 1 nitrogen and oxygen atoms in total. The third kappa shape index (κ3) is 1.69. The van der Waals surface area contributed by atoms with E-state index in [4.69, 9.17) is 4.74 Å². The van der Waals surface area contributed by atoms with Crippen LogP contribution in [-0.2, 0) is 6.42 Å². The summed E-state index contributed by atoms with van der Waals surface area (Å²) in [4.78, 5) is 0.909. The van der Waals surface area contributed by atoms with Crippen molar-refractivity contribution in [2.45, 2.75) is 18.2 Å². The minimum absolute atomic E-state index is 0.901. The molecule has 0 N–H and O–H groups in total. The number of benzene rings is 1. The first-order valence-corrected chi connectivity index (χ1v) is 4.09. The number of rotatable bonds is 2. The lowest BCUT2D eigenvalue weighted by Gasteiger charge is -2.07. The summed E-state index contributed by atoms with van der Waals surface area (Å²) < 4.78 is 5.19. The molecule has 0 aliphatic carbocycles. The van der Waals surface area contributed by atoms with Crippen LogP contribution in [0.1, 0.15) is 12.5 Å². The van der Waals surface area contributed by atoms with E-state index >= 15 is 0 Å². The molecule has 0 amide bonds. The summed E-state index contributed by atoms with van der Waals surface area (Å²) in [7, 11) is 1.67. The summed E-state index contributed by atoms with van der Waals surface area (Å²) in [6, 6.07) is 5.98. The molecule has 0 bridgehead atoms. The van der Waals surface area contributed by atoms with Crippen LogP contribution in [0.5, 0.6) is 5.75 Å². The first-order valence-electron chi connectivity index (χ1n) is 3.64. The molecule has 0 atom stereocenters. The van der Waals surface area contributed by atoms with Crippen molar-refractivity contribution in [2.75, 3.05) is 7.11 Å². The van der Waals surface area contributed by atoms with E-state index in [0.717, 1.165) is 17.1 Å². The van der Waals surface area contributed by atoms with Crippen LogP contribution in [0.4, 0.5) is 0 Å². The van der Waals surface area contributed by atoms with Crippen molar-refractivity contribution in [3.63, 3.8) is 0 Å². The Morgan fingerprint density at radius 1 is 1.45 bits per heavy atom. The lowest BCUT2D eigenvalue weighted by Crippen LogP contribution is -1.90. The number of aryl methyl sites for hydroxylation is 1. The predicted molar refractivity (Wildman–Crippen MR) is 49.6 cm³/mol. The van der Waals surface area contributed by atoms with Gasteiger partial charge in [0.1, 0.15) is 5.75 Å². The van der Waals surface area contributed by atoms with Crippen LogP contribution in [-0.4, -0.2) is 7.11 Å². The third-order valence-electron chi connectivity index (χ3n) is 1.66. The molecular formula is C9H12OS. The molecule has 0 fully saturated rings. The highest BCUT2D eigenvalue weighted by Gasteiger charge is 2.02. The Bertz CT molecular complexity index is 245. The second kappa shape index (κ2) is 3.67. The van der Waals surface area contributed by atoms with E-state index in [0.29, 0.717) is 0 Å². The lowest BCUT2D eigenvalue weighted by molar-refractivity contribution is 0.400. The van der Waals surface area contributed by atoms with Crippen LogP contribution in [0.25, 0.3) is 0 Å². The van der Waals surface area contributed by atoms with Crippen molar-refractivity contribution >= 4 is 12.6 Å². The fourth-order valence-corrected chi connectivity index (χ4v) is 1.41. The number of methoxy groups -OCH3 is 1. The Labute approximate surface area is 72.8 Å². The van der Waals surface area contributed by atoms with Crippen molar-refractivity contribution in [1.29, 1.82) is 0 Å². The number of hydrogen-bond acceptors (Lipinski definition) is 2. The van der Waals surface area contributed by atoms with Crippen molar-refractivity contribution in [2.24, 2.45) is 0 Å². The van der Waals surface area contributed by atoms with Crippen LogP contribution >= 0.6 is 12.6 Å². The van der Waals surface area contributed by atoms with Gasteiger partial charge in [-0.3, -0.25) is 0 Å². The van der Waals surface area contributed by atoms with Gasteiger partial charge in [-0.2, -0.15) is 0 Å². The maximum atomic E-state index is 5.19. The van der Waals surface area contributed by atoms with Crippen LogP contribution in [0.3, 0.4) is 0 Å². The van der Waals surface area contributed by atoms with Gasteiger partial charge in [0.2, 0.25) is 0 Å². The molecule has 0 saturated heterocycles. The molecule has 60 valence electrons. The van der Waals surface area contributed by atoms with E-state index in [-0.39, 0.29) is 0 Å². The van der Waals surface area contributed by atoms with E-state index in [9.17, 15) is 0 Å². The highest BCUT2D eigenvalue weighted by Crippen LogP contribution is 2.26. The Hall–Kier alpha value is -0.630. The van der Waals surface area contributed by atoms with Gasteiger partial charge in [-0.1, -0.05) is 19.1 Å². The summed E-state index contributed by atoms with van der Waals surface area (Å²) in [5, 5.41) is 0. The Morgan fingerprint density at radius 3 is 2.64 bits per heavy atom. The van der Waals surface area contributed by atoms with Gasteiger partial charge in [-0.15, -0.1) is 12.6 Å². The Morgan fingerprint density at radius 2 is 2.18 bits per heavy atom. The zero-order valence-corrected chi connectivity index (χ0v) is 7.69. The lowest BCUT2D eigenvalue weighted by atomic mass is 10.1. The average Bonchev–Trinajstić information content (AvgIpc) is 2.04. The molecule has 2 heteroatoms. The van der Waals surface area contributed by atoms with Crippen molar-refractivity contribution in [3.05, 3.63) is 23.8 Å². The molecule has 0 heterocycles. The molecule has 1 aromatic rings. The van der Waals surface area contributed by atoms with Gasteiger partial charge in [0.05, 0.1) is 7.11 Å². The third-order valence-corrected chi connectivity index (χ3v) is 2.01. The summed E-state index contributed by atoms with van der Waals surface area (Å²) >= 11 is 4.28. The molecule has 1 rings (SSSR count). The second-order valence-corrected chi connectivity index (χ2v) is 2.80. The molecule has 0 spiro atoms. The van der Waals surface area contributed by atoms with Gasteiger partial charge >= 0.3 is 0 Å². The van der Waals surface area contributed by atoms with E-state index in [2.05, 4.69) is 25.6 Å². The molecule has 0 radical (unpaired) electrons. The first-order chi connectivity index (χ1) is 5.29. The van der Waals surface area contributed by atoms with E-state index in [1.807, 2.05) is 12.1 Å². The summed E-state index contributed by atoms with van der Waals surface area (Å²) in [5.74, 6) is 0.901. The van der Waals surface area contributed by atoms with Gasteiger partial charge in [0, 0.05) is 4.90 Å². The van der Waals surface area contributed by atoms with Crippen molar-refractivity contribution in [3.8, 4) is 5.75 Å². The maximum absolute atomic E-state index is 5.19. The molecule has 0 unspecified atom stereocenters. The SMILES string of the molecule is CCc1cccc(S)c1OC. The molecule has 0 aromatic heterocycles. The topological polar surface area (TPSA) is 9.23 Å². The van der Waals surface area contributed by atoms with E-state index in [1.54, 1.807) is 7.11 Å². The zero-order valence-electron chi connectivity index (χ0n) is 6.79. The molecule has 1 aromatic carbocycles. The number of ether oxygens (including phenoxy) is 1. The highest BCUT2D eigenvalue weighted by molar-refractivity contribution is 7.80. The number of hydrogen-bond donors (Lipinski definition) is 1. The van der Waals surface area contributed by atoms with Gasteiger partial charge < -0.3 is 4.74 Å². The number of para-hydroxylation sites is 1. The summed E-state index contributed by atoms with van der Waals surface area (Å²) in [6.07, 6.45) is 0.984. The molecular weight excluding hydrogens is 156 g/mol. The Balaban J connectivity index is 3.13. The highest BCUT2D eigenvalue weighted by atomic mass is 32.1. The zero-order chi connectivity index (χ0) is 8.27. The minimum Gasteiger partial charge on any atom is -0.495 e. The fourth-order valence-electron chi connectivity index (χ4n) is 1.09. The summed E-state index contributed by atoms with van der Waals surface area (Å²) in [5.41, 5.74) is 1.21. The van der Waals surface area contributed by atoms with Gasteiger partial charge in [0.15, 0.2) is 0 Å². The van der Waals surface area contributed by atoms with E-state index in [1.165, 1.54) is 5.56 Å². The standard InChI is InChI=1S/C9H12OS/c1-3-7-5-4-6-8(11)9(7)10-2/h4-6,11H,3H2,1-2H3. The first kappa shape index (κ1) is 8.47. The van der Waals surface area contributed by atoms with Crippen LogP contribution < -0.4 is 4.74 Å². The van der Waals surface area contributed by atoms with Crippen LogP contribution in [0, 0.1) is 0 Å². The fraction of sp³-hybridized carbons (Fsp3) is 0.333. The Kier molecular flexibility index (Phi) is 2.83. The van der Waals surface area contributed by atoms with Crippen molar-refractivity contribution < 1.29 is 4.74 Å². The normalized spacial score (nSPS) is 9.73. The van der Waals surface area contributed by atoms with Crippen molar-refractivity contribution in [1.82, 2.24) is 0 Å². The van der Waals surface area contributed by atoms with Crippen LogP contribution in [0.15, 0.2) is 23.1 Å². The smallest absolute Gasteiger partial charge is 0.135 e. The quantitative estimate of drug-likeness (QED) is 0.668. The molecule has 11 heavy (non-hydrogen) atoms. The summed E-state index contributed by atoms with van der Waals surface area (Å²) in [6.45, 7) is 2.10. The van der Waals surface area contributed by atoms with E-state index < -0.39 is 0 Å². The van der Waals surface area contributed by atoms with Crippen LogP contribution in [0.2, 0.25) is 0 Å². The maximum Gasteiger partial charge on any atom is 0.135 e. The second-order valence-electron chi connectivity index (χ2n) is 2.32. The predicted octanol–water partition coefficient (Wildman–Crippen LogP) is 2.55. The largest absolute Gasteiger partial charge is 0.495 e. The van der Waals surface area contributed by atoms with Gasteiger partial charge in [-0.25, -0.2) is 0 Å². The molecule has 0 aliphatic heterocycles. The number of thiol groups is 1. The molecule has 0 aliphatic rings. The van der Waals surface area contributed by atoms with Gasteiger partial charge in [0.25, 0.3) is 0 Å². The average molecular weight is 168 g/mol. The van der Waals surface area contributed by atoms with Gasteiger partial charge in [-0.05, 0) is 18.1 Å². The molecule has 0 saturated carbocycles. The monoisotopic (exact) mass is 168 g/mol.